The maximum atomic E-state index is 12.4. The molecule has 0 saturated heterocycles. The van der Waals surface area contributed by atoms with Gasteiger partial charge in [-0.3, -0.25) is 4.79 Å². The third kappa shape index (κ3) is 4.47. The number of methoxy groups -OCH3 is 1. The van der Waals surface area contributed by atoms with E-state index in [1.165, 1.54) is 0 Å². The van der Waals surface area contributed by atoms with E-state index in [-0.39, 0.29) is 12.3 Å². The maximum Gasteiger partial charge on any atom is 0.230 e. The lowest BCUT2D eigenvalue weighted by atomic mass is 10.2. The number of nitrogens with one attached hydrogen (secondary N) is 1. The summed E-state index contributed by atoms with van der Waals surface area (Å²) in [5.74, 6) is 1.76. The number of anilines is 2. The van der Waals surface area contributed by atoms with Gasteiger partial charge in [-0.1, -0.05) is 0 Å². The second-order valence-electron chi connectivity index (χ2n) is 6.42. The van der Waals surface area contributed by atoms with Gasteiger partial charge in [0.05, 0.1) is 19.2 Å². The summed E-state index contributed by atoms with van der Waals surface area (Å²) >= 11 is 0. The highest BCUT2D eigenvalue weighted by Crippen LogP contribution is 2.24. The lowest BCUT2D eigenvalue weighted by Crippen LogP contribution is -2.15. The van der Waals surface area contributed by atoms with Crippen LogP contribution in [0, 0.1) is 6.92 Å². The molecule has 0 atom stereocenters. The summed E-state index contributed by atoms with van der Waals surface area (Å²) < 4.78 is 10.9. The van der Waals surface area contributed by atoms with Gasteiger partial charge in [0.15, 0.2) is 0 Å². The molecule has 6 nitrogen and oxygen atoms in total. The van der Waals surface area contributed by atoms with E-state index in [4.69, 9.17) is 9.15 Å². The zero-order chi connectivity index (χ0) is 19.4. The van der Waals surface area contributed by atoms with E-state index in [2.05, 4.69) is 10.3 Å². The molecule has 1 heterocycles. The Kier molecular flexibility index (Phi) is 5.45. The van der Waals surface area contributed by atoms with Crippen LogP contribution in [0.4, 0.5) is 11.4 Å². The van der Waals surface area contributed by atoms with Crippen molar-refractivity contribution in [3.8, 4) is 17.2 Å². The zero-order valence-corrected chi connectivity index (χ0v) is 15.9. The first kappa shape index (κ1) is 18.5. The Labute approximate surface area is 158 Å². The molecule has 0 saturated carbocycles. The fourth-order valence-corrected chi connectivity index (χ4v) is 2.65. The molecule has 27 heavy (non-hydrogen) atoms. The molecule has 0 aliphatic carbocycles. The van der Waals surface area contributed by atoms with Gasteiger partial charge in [0.25, 0.3) is 0 Å². The van der Waals surface area contributed by atoms with Crippen LogP contribution in [0.1, 0.15) is 11.5 Å². The minimum Gasteiger partial charge on any atom is -0.497 e. The first-order valence-corrected chi connectivity index (χ1v) is 8.64. The number of aromatic nitrogens is 1. The summed E-state index contributed by atoms with van der Waals surface area (Å²) in [6, 6.07) is 15.1. The average Bonchev–Trinajstić information content (AvgIpc) is 3.02. The van der Waals surface area contributed by atoms with Crippen LogP contribution in [0.25, 0.3) is 11.5 Å². The predicted octanol–water partition coefficient (Wildman–Crippen LogP) is 3.91. The lowest BCUT2D eigenvalue weighted by Gasteiger charge is -2.12. The summed E-state index contributed by atoms with van der Waals surface area (Å²) in [6.45, 7) is 1.81. The molecule has 0 spiro atoms. The highest BCUT2D eigenvalue weighted by Gasteiger charge is 2.15. The molecule has 3 rings (SSSR count). The molecule has 3 aromatic rings. The molecule has 140 valence electrons. The number of oxazole rings is 1. The molecule has 1 N–H and O–H groups in total. The van der Waals surface area contributed by atoms with E-state index in [0.29, 0.717) is 17.3 Å². The molecule has 1 amide bonds. The van der Waals surface area contributed by atoms with Crippen molar-refractivity contribution in [1.82, 2.24) is 4.98 Å². The number of aryl methyl sites for hydroxylation is 1. The van der Waals surface area contributed by atoms with Crippen LogP contribution in [-0.4, -0.2) is 32.1 Å². The summed E-state index contributed by atoms with van der Waals surface area (Å²) in [7, 11) is 5.57. The SMILES string of the molecule is COc1ccc(-c2nc(CC(=O)Nc3ccc(N(C)C)cc3)c(C)o2)cc1. The Balaban J connectivity index is 1.68. The van der Waals surface area contributed by atoms with Crippen LogP contribution in [-0.2, 0) is 11.2 Å². The largest absolute Gasteiger partial charge is 0.497 e. The Hall–Kier alpha value is -3.28. The first-order valence-electron chi connectivity index (χ1n) is 8.64. The van der Waals surface area contributed by atoms with Gasteiger partial charge in [-0.2, -0.15) is 0 Å². The molecular weight excluding hydrogens is 342 g/mol. The number of benzene rings is 2. The fourth-order valence-electron chi connectivity index (χ4n) is 2.65. The van der Waals surface area contributed by atoms with E-state index < -0.39 is 0 Å². The number of nitrogens with zero attached hydrogens (tertiary/aromatic N) is 2. The van der Waals surface area contributed by atoms with Gasteiger partial charge in [-0.25, -0.2) is 4.98 Å². The van der Waals surface area contributed by atoms with Gasteiger partial charge in [-0.05, 0) is 55.5 Å². The second kappa shape index (κ2) is 7.95. The van der Waals surface area contributed by atoms with E-state index in [0.717, 1.165) is 22.7 Å². The van der Waals surface area contributed by atoms with Gasteiger partial charge in [0, 0.05) is 31.0 Å². The summed E-state index contributed by atoms with van der Waals surface area (Å²) in [4.78, 5) is 18.8. The molecule has 0 bridgehead atoms. The number of carbonyl (C=O) groups is 1. The van der Waals surface area contributed by atoms with Crippen molar-refractivity contribution in [2.24, 2.45) is 0 Å². The molecule has 2 aromatic carbocycles. The quantitative estimate of drug-likeness (QED) is 0.717. The summed E-state index contributed by atoms with van der Waals surface area (Å²) in [5, 5.41) is 2.89. The van der Waals surface area contributed by atoms with Crippen LogP contribution in [0.2, 0.25) is 0 Å². The van der Waals surface area contributed by atoms with Gasteiger partial charge in [0.1, 0.15) is 11.5 Å². The normalized spacial score (nSPS) is 10.5. The van der Waals surface area contributed by atoms with Gasteiger partial charge in [-0.15, -0.1) is 0 Å². The zero-order valence-electron chi connectivity index (χ0n) is 15.9. The number of rotatable bonds is 6. The van der Waals surface area contributed by atoms with Crippen molar-refractivity contribution >= 4 is 17.3 Å². The van der Waals surface area contributed by atoms with Crippen molar-refractivity contribution in [2.45, 2.75) is 13.3 Å². The Morgan fingerprint density at radius 2 is 1.78 bits per heavy atom. The third-order valence-electron chi connectivity index (χ3n) is 4.23. The molecule has 0 unspecified atom stereocenters. The molecule has 0 fully saturated rings. The number of amides is 1. The van der Waals surface area contributed by atoms with Crippen molar-refractivity contribution in [2.75, 3.05) is 31.4 Å². The van der Waals surface area contributed by atoms with Crippen LogP contribution < -0.4 is 15.0 Å². The van der Waals surface area contributed by atoms with Crippen LogP contribution in [0.3, 0.4) is 0 Å². The Morgan fingerprint density at radius 3 is 2.37 bits per heavy atom. The number of carbonyl (C=O) groups excluding carboxylic acids is 1. The van der Waals surface area contributed by atoms with Crippen LogP contribution >= 0.6 is 0 Å². The molecule has 0 radical (unpaired) electrons. The fraction of sp³-hybridized carbons (Fsp3) is 0.238. The monoisotopic (exact) mass is 365 g/mol. The highest BCUT2D eigenvalue weighted by atomic mass is 16.5. The number of hydrogen-bond acceptors (Lipinski definition) is 5. The van der Waals surface area contributed by atoms with E-state index in [1.807, 2.05) is 74.4 Å². The van der Waals surface area contributed by atoms with Crippen molar-refractivity contribution in [3.63, 3.8) is 0 Å². The second-order valence-corrected chi connectivity index (χ2v) is 6.42. The standard InChI is InChI=1S/C21H23N3O3/c1-14-19(23-21(27-14)15-5-11-18(26-4)12-6-15)13-20(25)22-16-7-9-17(10-8-16)24(2)3/h5-12H,13H2,1-4H3,(H,22,25). The predicted molar refractivity (Wildman–Crippen MR) is 106 cm³/mol. The average molecular weight is 365 g/mol. The third-order valence-corrected chi connectivity index (χ3v) is 4.23. The molecule has 1 aromatic heterocycles. The molecule has 0 aliphatic rings. The minimum atomic E-state index is -0.134. The summed E-state index contributed by atoms with van der Waals surface area (Å²) in [6.07, 6.45) is 0.154. The lowest BCUT2D eigenvalue weighted by molar-refractivity contribution is -0.115. The molecular formula is C21H23N3O3. The van der Waals surface area contributed by atoms with Crippen LogP contribution in [0.15, 0.2) is 52.9 Å². The Morgan fingerprint density at radius 1 is 1.11 bits per heavy atom. The van der Waals surface area contributed by atoms with Gasteiger partial charge in [0.2, 0.25) is 11.8 Å². The summed E-state index contributed by atoms with van der Waals surface area (Å²) in [5.41, 5.74) is 3.29. The van der Waals surface area contributed by atoms with E-state index in [9.17, 15) is 4.79 Å². The van der Waals surface area contributed by atoms with Gasteiger partial charge < -0.3 is 19.4 Å². The van der Waals surface area contributed by atoms with E-state index in [1.54, 1.807) is 7.11 Å². The van der Waals surface area contributed by atoms with Crippen molar-refractivity contribution in [1.29, 1.82) is 0 Å². The smallest absolute Gasteiger partial charge is 0.230 e. The van der Waals surface area contributed by atoms with Gasteiger partial charge >= 0.3 is 0 Å². The highest BCUT2D eigenvalue weighted by molar-refractivity contribution is 5.92. The molecule has 6 heteroatoms. The maximum absolute atomic E-state index is 12.4. The van der Waals surface area contributed by atoms with E-state index >= 15 is 0 Å². The Bertz CT molecular complexity index is 913. The molecule has 0 aliphatic heterocycles. The minimum absolute atomic E-state index is 0.134. The first-order chi connectivity index (χ1) is 13.0. The number of ether oxygens (including phenoxy) is 1. The van der Waals surface area contributed by atoms with Crippen molar-refractivity contribution in [3.05, 3.63) is 60.0 Å². The number of hydrogen-bond donors (Lipinski definition) is 1. The topological polar surface area (TPSA) is 67.6 Å². The van der Waals surface area contributed by atoms with Crippen LogP contribution in [0.5, 0.6) is 5.75 Å². The van der Waals surface area contributed by atoms with Crippen molar-refractivity contribution < 1.29 is 13.9 Å².